The second-order valence-corrected chi connectivity index (χ2v) is 6.62. The largest absolute Gasteiger partial charge is 0.486 e. The number of benzene rings is 1. The van der Waals surface area contributed by atoms with Gasteiger partial charge in [-0.05, 0) is 69.6 Å². The van der Waals surface area contributed by atoms with Gasteiger partial charge in [0.05, 0.1) is 5.02 Å². The van der Waals surface area contributed by atoms with Crippen LogP contribution in [0.2, 0.25) is 5.02 Å². The van der Waals surface area contributed by atoms with Crippen molar-refractivity contribution in [2.45, 2.75) is 25.8 Å². The summed E-state index contributed by atoms with van der Waals surface area (Å²) in [6.45, 7) is 5.58. The smallest absolute Gasteiger partial charge is 0.179 e. The van der Waals surface area contributed by atoms with Crippen LogP contribution in [-0.2, 0) is 6.54 Å². The molecule has 0 amide bonds. The Hall–Kier alpha value is -0.970. The summed E-state index contributed by atoms with van der Waals surface area (Å²) in [6.07, 6.45) is 3.88. The fourth-order valence-corrected chi connectivity index (χ4v) is 3.58. The van der Waals surface area contributed by atoms with Gasteiger partial charge < -0.3 is 14.8 Å². The summed E-state index contributed by atoms with van der Waals surface area (Å²) in [4.78, 5) is 2.51. The van der Waals surface area contributed by atoms with E-state index in [2.05, 4.69) is 16.3 Å². The molecular weight excluding hydrogens is 300 g/mol. The lowest BCUT2D eigenvalue weighted by Gasteiger charge is -2.32. The summed E-state index contributed by atoms with van der Waals surface area (Å²) in [5, 5.41) is 3.91. The van der Waals surface area contributed by atoms with Crippen LogP contribution in [0.4, 0.5) is 0 Å². The molecule has 0 atom stereocenters. The third-order valence-electron chi connectivity index (χ3n) is 4.57. The van der Waals surface area contributed by atoms with Gasteiger partial charge in [0.25, 0.3) is 0 Å². The van der Waals surface area contributed by atoms with Crippen molar-refractivity contribution in [1.82, 2.24) is 10.2 Å². The van der Waals surface area contributed by atoms with Crippen molar-refractivity contribution in [2.24, 2.45) is 5.92 Å². The van der Waals surface area contributed by atoms with Crippen LogP contribution in [0.3, 0.4) is 0 Å². The SMILES string of the molecule is CNCCC1CCN(Cc2cc(Cl)c3c(c2)OCCO3)CC1. The molecule has 4 nitrogen and oxygen atoms in total. The van der Waals surface area contributed by atoms with Gasteiger partial charge in [0.1, 0.15) is 13.2 Å². The first-order chi connectivity index (χ1) is 10.8. The zero-order valence-electron chi connectivity index (χ0n) is 13.2. The number of hydrogen-bond acceptors (Lipinski definition) is 4. The van der Waals surface area contributed by atoms with Crippen molar-refractivity contribution >= 4 is 11.6 Å². The molecule has 0 bridgehead atoms. The molecule has 2 aliphatic rings. The standard InChI is InChI=1S/C17H25ClN2O2/c1-19-5-2-13-3-6-20(7-4-13)12-14-10-15(18)17-16(11-14)21-8-9-22-17/h10-11,13,19H,2-9,12H2,1H3. The van der Waals surface area contributed by atoms with Gasteiger partial charge >= 0.3 is 0 Å². The highest BCUT2D eigenvalue weighted by molar-refractivity contribution is 6.32. The van der Waals surface area contributed by atoms with E-state index in [1.165, 1.54) is 37.9 Å². The molecule has 22 heavy (non-hydrogen) atoms. The van der Waals surface area contributed by atoms with E-state index in [1.807, 2.05) is 13.1 Å². The number of nitrogens with zero attached hydrogens (tertiary/aromatic N) is 1. The van der Waals surface area contributed by atoms with Crippen LogP contribution in [0.5, 0.6) is 11.5 Å². The highest BCUT2D eigenvalue weighted by atomic mass is 35.5. The molecule has 1 saturated heterocycles. The van der Waals surface area contributed by atoms with Gasteiger partial charge in [0, 0.05) is 6.54 Å². The average molecular weight is 325 g/mol. The molecule has 2 aliphatic heterocycles. The van der Waals surface area contributed by atoms with Gasteiger partial charge in [-0.2, -0.15) is 0 Å². The molecule has 122 valence electrons. The molecule has 0 spiro atoms. The van der Waals surface area contributed by atoms with Crippen LogP contribution in [-0.4, -0.2) is 44.8 Å². The van der Waals surface area contributed by atoms with E-state index in [0.717, 1.165) is 24.8 Å². The Kier molecular flexibility index (Phi) is 5.45. The van der Waals surface area contributed by atoms with Crippen molar-refractivity contribution in [3.63, 3.8) is 0 Å². The van der Waals surface area contributed by atoms with Gasteiger partial charge in [-0.1, -0.05) is 11.6 Å². The number of ether oxygens (including phenoxy) is 2. The molecule has 2 heterocycles. The Balaban J connectivity index is 1.57. The maximum absolute atomic E-state index is 6.31. The summed E-state index contributed by atoms with van der Waals surface area (Å²) in [5.74, 6) is 2.35. The topological polar surface area (TPSA) is 33.7 Å². The second kappa shape index (κ2) is 7.53. The number of halogens is 1. The van der Waals surface area contributed by atoms with Gasteiger partial charge in [-0.3, -0.25) is 4.90 Å². The average Bonchev–Trinajstić information content (AvgIpc) is 2.54. The lowest BCUT2D eigenvalue weighted by molar-refractivity contribution is 0.166. The number of nitrogens with one attached hydrogen (secondary N) is 1. The van der Waals surface area contributed by atoms with E-state index >= 15 is 0 Å². The fourth-order valence-electron chi connectivity index (χ4n) is 3.30. The predicted molar refractivity (Wildman–Crippen MR) is 89.0 cm³/mol. The molecule has 0 radical (unpaired) electrons. The van der Waals surface area contributed by atoms with Gasteiger partial charge in [0.15, 0.2) is 11.5 Å². The molecule has 1 fully saturated rings. The van der Waals surface area contributed by atoms with Gasteiger partial charge in [0.2, 0.25) is 0 Å². The predicted octanol–water partition coefficient (Wildman–Crippen LogP) is 2.93. The first-order valence-corrected chi connectivity index (χ1v) is 8.59. The minimum atomic E-state index is 0.576. The molecule has 5 heteroatoms. The number of piperidine rings is 1. The zero-order chi connectivity index (χ0) is 15.4. The summed E-state index contributed by atoms with van der Waals surface area (Å²) in [7, 11) is 2.03. The van der Waals surface area contributed by atoms with Crippen LogP contribution in [0.15, 0.2) is 12.1 Å². The molecule has 0 saturated carbocycles. The van der Waals surface area contributed by atoms with E-state index in [-0.39, 0.29) is 0 Å². The fraction of sp³-hybridized carbons (Fsp3) is 0.647. The van der Waals surface area contributed by atoms with Crippen molar-refractivity contribution in [1.29, 1.82) is 0 Å². The normalized spacial score (nSPS) is 19.4. The molecule has 0 unspecified atom stereocenters. The maximum Gasteiger partial charge on any atom is 0.179 e. The summed E-state index contributed by atoms with van der Waals surface area (Å²) < 4.78 is 11.2. The second-order valence-electron chi connectivity index (χ2n) is 6.21. The highest BCUT2D eigenvalue weighted by Crippen LogP contribution is 2.38. The minimum absolute atomic E-state index is 0.576. The van der Waals surface area contributed by atoms with E-state index in [1.54, 1.807) is 0 Å². The quantitative estimate of drug-likeness (QED) is 0.903. The third kappa shape index (κ3) is 3.86. The summed E-state index contributed by atoms with van der Waals surface area (Å²) in [5.41, 5.74) is 1.21. The van der Waals surface area contributed by atoms with E-state index < -0.39 is 0 Å². The first kappa shape index (κ1) is 15.9. The lowest BCUT2D eigenvalue weighted by atomic mass is 9.93. The van der Waals surface area contributed by atoms with Crippen LogP contribution in [0.25, 0.3) is 0 Å². The van der Waals surface area contributed by atoms with Crippen LogP contribution < -0.4 is 14.8 Å². The Morgan fingerprint density at radius 3 is 2.77 bits per heavy atom. The number of likely N-dealkylation sites (tertiary alicyclic amines) is 1. The highest BCUT2D eigenvalue weighted by Gasteiger charge is 2.21. The van der Waals surface area contributed by atoms with Crippen molar-refractivity contribution in [3.8, 4) is 11.5 Å². The summed E-state index contributed by atoms with van der Waals surface area (Å²) >= 11 is 6.31. The molecule has 1 aromatic rings. The molecule has 0 aromatic heterocycles. The van der Waals surface area contributed by atoms with Crippen molar-refractivity contribution in [2.75, 3.05) is 39.9 Å². The van der Waals surface area contributed by atoms with Gasteiger partial charge in [-0.15, -0.1) is 0 Å². The zero-order valence-corrected chi connectivity index (χ0v) is 14.0. The first-order valence-electron chi connectivity index (χ1n) is 8.21. The van der Waals surface area contributed by atoms with E-state index in [4.69, 9.17) is 21.1 Å². The molecule has 3 rings (SSSR count). The van der Waals surface area contributed by atoms with Crippen LogP contribution in [0, 0.1) is 5.92 Å². The molecular formula is C17H25ClN2O2. The van der Waals surface area contributed by atoms with Crippen LogP contribution >= 0.6 is 11.6 Å². The minimum Gasteiger partial charge on any atom is -0.486 e. The number of fused-ring (bicyclic) bond motifs is 1. The molecule has 1 N–H and O–H groups in total. The maximum atomic E-state index is 6.31. The monoisotopic (exact) mass is 324 g/mol. The summed E-state index contributed by atoms with van der Waals surface area (Å²) in [6, 6.07) is 4.09. The van der Waals surface area contributed by atoms with E-state index in [0.29, 0.717) is 24.0 Å². The number of rotatable bonds is 5. The molecule has 0 aliphatic carbocycles. The van der Waals surface area contributed by atoms with Gasteiger partial charge in [-0.25, -0.2) is 0 Å². The third-order valence-corrected chi connectivity index (χ3v) is 4.85. The van der Waals surface area contributed by atoms with Crippen LogP contribution in [0.1, 0.15) is 24.8 Å². The number of hydrogen-bond donors (Lipinski definition) is 1. The lowest BCUT2D eigenvalue weighted by Crippen LogP contribution is -2.34. The van der Waals surface area contributed by atoms with Crippen molar-refractivity contribution < 1.29 is 9.47 Å². The Bertz CT molecular complexity index is 502. The Labute approximate surface area is 137 Å². The molecule has 1 aromatic carbocycles. The Morgan fingerprint density at radius 1 is 1.23 bits per heavy atom. The van der Waals surface area contributed by atoms with E-state index in [9.17, 15) is 0 Å². The van der Waals surface area contributed by atoms with Crippen molar-refractivity contribution in [3.05, 3.63) is 22.7 Å². The Morgan fingerprint density at radius 2 is 2.00 bits per heavy atom.